The van der Waals surface area contributed by atoms with Crippen LogP contribution in [0.3, 0.4) is 0 Å². The van der Waals surface area contributed by atoms with E-state index in [9.17, 15) is 10.1 Å². The smallest absolute Gasteiger partial charge is 0.239 e. The van der Waals surface area contributed by atoms with Gasteiger partial charge in [0.1, 0.15) is 11.9 Å². The maximum atomic E-state index is 13.0. The van der Waals surface area contributed by atoms with Crippen molar-refractivity contribution >= 4 is 11.7 Å². The van der Waals surface area contributed by atoms with Crippen LogP contribution in [0.1, 0.15) is 55.0 Å². The molecule has 2 aromatic rings. The number of rotatable bonds is 8. The molecule has 1 aromatic heterocycles. The van der Waals surface area contributed by atoms with Crippen molar-refractivity contribution in [3.63, 3.8) is 0 Å². The Kier molecular flexibility index (Phi) is 5.47. The summed E-state index contributed by atoms with van der Waals surface area (Å²) in [5.74, 6) is 1.35. The lowest BCUT2D eigenvalue weighted by atomic mass is 10.1. The van der Waals surface area contributed by atoms with E-state index in [4.69, 9.17) is 0 Å². The summed E-state index contributed by atoms with van der Waals surface area (Å²) in [6, 6.07) is 13.5. The van der Waals surface area contributed by atoms with Gasteiger partial charge >= 0.3 is 0 Å². The van der Waals surface area contributed by atoms with Crippen LogP contribution >= 0.6 is 0 Å². The van der Waals surface area contributed by atoms with Gasteiger partial charge in [0.15, 0.2) is 0 Å². The number of nitrogens with zero attached hydrogens (tertiary/aromatic N) is 3. The second-order valence-electron chi connectivity index (χ2n) is 8.65. The van der Waals surface area contributed by atoms with E-state index in [-0.39, 0.29) is 5.91 Å². The molecule has 0 aliphatic heterocycles. The van der Waals surface area contributed by atoms with E-state index in [0.29, 0.717) is 36.6 Å². The number of hydrogen-bond acceptors (Lipinski definition) is 3. The summed E-state index contributed by atoms with van der Waals surface area (Å²) in [5.41, 5.74) is 3.67. The molecule has 2 fully saturated rings. The standard InChI is InChI=1S/C24H30N4O/c1-16-17(2)28(14-19-7-5-4-6-8-19)24(22(16)13-25)26-23(29)15-27(21-11-12-21)18(3)20-9-10-20/h4-8,18,20-21H,9-12,14-15H2,1-3H3,(H,26,29). The number of amides is 1. The van der Waals surface area contributed by atoms with E-state index in [1.54, 1.807) is 0 Å². The van der Waals surface area contributed by atoms with Crippen molar-refractivity contribution in [2.75, 3.05) is 11.9 Å². The predicted octanol–water partition coefficient (Wildman–Crippen LogP) is 4.23. The quantitative estimate of drug-likeness (QED) is 0.734. The number of nitrogens with one attached hydrogen (secondary N) is 1. The van der Waals surface area contributed by atoms with Gasteiger partial charge in [-0.1, -0.05) is 30.3 Å². The van der Waals surface area contributed by atoms with E-state index < -0.39 is 0 Å². The predicted molar refractivity (Wildman–Crippen MR) is 115 cm³/mol. The minimum absolute atomic E-state index is 0.0206. The van der Waals surface area contributed by atoms with Crippen LogP contribution in [-0.2, 0) is 11.3 Å². The van der Waals surface area contributed by atoms with Crippen LogP contribution in [0.25, 0.3) is 0 Å². The van der Waals surface area contributed by atoms with Gasteiger partial charge in [0.2, 0.25) is 5.91 Å². The van der Waals surface area contributed by atoms with Crippen LogP contribution in [-0.4, -0.2) is 34.0 Å². The zero-order valence-electron chi connectivity index (χ0n) is 17.6. The van der Waals surface area contributed by atoms with Gasteiger partial charge in [-0.15, -0.1) is 0 Å². The number of carbonyl (C=O) groups is 1. The molecule has 4 rings (SSSR count). The Hall–Kier alpha value is -2.58. The highest BCUT2D eigenvalue weighted by Crippen LogP contribution is 2.39. The summed E-state index contributed by atoms with van der Waals surface area (Å²) in [6.45, 7) is 7.27. The Labute approximate surface area is 173 Å². The molecule has 1 unspecified atom stereocenters. The van der Waals surface area contributed by atoms with Gasteiger partial charge in [0.25, 0.3) is 0 Å². The van der Waals surface area contributed by atoms with Crippen LogP contribution in [0.2, 0.25) is 0 Å². The Morgan fingerprint density at radius 1 is 1.24 bits per heavy atom. The fourth-order valence-electron chi connectivity index (χ4n) is 4.29. The zero-order chi connectivity index (χ0) is 20.5. The third-order valence-corrected chi connectivity index (χ3v) is 6.55. The molecule has 152 valence electrons. The maximum absolute atomic E-state index is 13.0. The minimum Gasteiger partial charge on any atom is -0.326 e. The maximum Gasteiger partial charge on any atom is 0.239 e. The molecule has 5 heteroatoms. The Balaban J connectivity index is 1.56. The van der Waals surface area contributed by atoms with Crippen molar-refractivity contribution in [2.45, 2.75) is 65.1 Å². The van der Waals surface area contributed by atoms with Crippen molar-refractivity contribution in [1.82, 2.24) is 9.47 Å². The lowest BCUT2D eigenvalue weighted by molar-refractivity contribution is -0.118. The first-order valence-electron chi connectivity index (χ1n) is 10.7. The van der Waals surface area contributed by atoms with E-state index in [0.717, 1.165) is 22.7 Å². The van der Waals surface area contributed by atoms with Gasteiger partial charge in [-0.3, -0.25) is 9.69 Å². The first kappa shape index (κ1) is 19.7. The molecule has 2 aliphatic carbocycles. The van der Waals surface area contributed by atoms with Crippen molar-refractivity contribution in [3.8, 4) is 6.07 Å². The molecule has 1 amide bonds. The SMILES string of the molecule is Cc1c(C#N)c(NC(=O)CN(C2CC2)C(C)C2CC2)n(Cc2ccccc2)c1C. The van der Waals surface area contributed by atoms with Crippen LogP contribution in [0, 0.1) is 31.1 Å². The van der Waals surface area contributed by atoms with Gasteiger partial charge < -0.3 is 9.88 Å². The Morgan fingerprint density at radius 3 is 2.52 bits per heavy atom. The van der Waals surface area contributed by atoms with Crippen LogP contribution < -0.4 is 5.32 Å². The molecule has 1 aromatic carbocycles. The van der Waals surface area contributed by atoms with Gasteiger partial charge in [-0.25, -0.2) is 0 Å². The van der Waals surface area contributed by atoms with Crippen molar-refractivity contribution < 1.29 is 4.79 Å². The molecular weight excluding hydrogens is 360 g/mol. The molecular formula is C24H30N4O. The lowest BCUT2D eigenvalue weighted by Gasteiger charge is -2.28. The summed E-state index contributed by atoms with van der Waals surface area (Å²) >= 11 is 0. The molecule has 1 heterocycles. The number of benzene rings is 1. The summed E-state index contributed by atoms with van der Waals surface area (Å²) in [7, 11) is 0. The van der Waals surface area contributed by atoms with Crippen LogP contribution in [0.4, 0.5) is 5.82 Å². The summed E-state index contributed by atoms with van der Waals surface area (Å²) < 4.78 is 2.06. The van der Waals surface area contributed by atoms with Gasteiger partial charge in [0.05, 0.1) is 12.1 Å². The molecule has 5 nitrogen and oxygen atoms in total. The van der Waals surface area contributed by atoms with Crippen molar-refractivity contribution in [2.24, 2.45) is 5.92 Å². The highest BCUT2D eigenvalue weighted by atomic mass is 16.2. The average Bonchev–Trinajstić information content (AvgIpc) is 3.62. The number of nitriles is 1. The highest BCUT2D eigenvalue weighted by Gasteiger charge is 2.40. The topological polar surface area (TPSA) is 61.1 Å². The second-order valence-corrected chi connectivity index (χ2v) is 8.65. The Bertz CT molecular complexity index is 932. The summed E-state index contributed by atoms with van der Waals surface area (Å²) in [4.78, 5) is 15.4. The van der Waals surface area contributed by atoms with Gasteiger partial charge in [0, 0.05) is 24.3 Å². The van der Waals surface area contributed by atoms with Crippen molar-refractivity contribution in [1.29, 1.82) is 5.26 Å². The van der Waals surface area contributed by atoms with Gasteiger partial charge in [-0.05, 0) is 63.5 Å². The largest absolute Gasteiger partial charge is 0.326 e. The first-order chi connectivity index (χ1) is 14.0. The van der Waals surface area contributed by atoms with E-state index in [1.165, 1.54) is 25.7 Å². The molecule has 1 N–H and O–H groups in total. The fraction of sp³-hybridized carbons (Fsp3) is 0.500. The molecule has 29 heavy (non-hydrogen) atoms. The average molecular weight is 391 g/mol. The molecule has 2 saturated carbocycles. The van der Waals surface area contributed by atoms with E-state index >= 15 is 0 Å². The number of aromatic nitrogens is 1. The minimum atomic E-state index is -0.0206. The zero-order valence-corrected chi connectivity index (χ0v) is 17.6. The normalized spacial score (nSPS) is 17.2. The Morgan fingerprint density at radius 2 is 1.93 bits per heavy atom. The van der Waals surface area contributed by atoms with Crippen molar-refractivity contribution in [3.05, 3.63) is 52.7 Å². The molecule has 0 radical (unpaired) electrons. The lowest BCUT2D eigenvalue weighted by Crippen LogP contribution is -2.42. The third-order valence-electron chi connectivity index (χ3n) is 6.55. The summed E-state index contributed by atoms with van der Waals surface area (Å²) in [6.07, 6.45) is 4.94. The highest BCUT2D eigenvalue weighted by molar-refractivity contribution is 5.93. The first-order valence-corrected chi connectivity index (χ1v) is 10.7. The van der Waals surface area contributed by atoms with Crippen LogP contribution in [0.5, 0.6) is 0 Å². The fourth-order valence-corrected chi connectivity index (χ4v) is 4.29. The third kappa shape index (κ3) is 4.23. The monoisotopic (exact) mass is 390 g/mol. The second kappa shape index (κ2) is 8.04. The van der Waals surface area contributed by atoms with Crippen LogP contribution in [0.15, 0.2) is 30.3 Å². The van der Waals surface area contributed by atoms with E-state index in [2.05, 4.69) is 39.9 Å². The molecule has 2 aliphatic rings. The van der Waals surface area contributed by atoms with Gasteiger partial charge in [-0.2, -0.15) is 5.26 Å². The molecule has 0 bridgehead atoms. The summed E-state index contributed by atoms with van der Waals surface area (Å²) in [5, 5.41) is 12.8. The number of carbonyl (C=O) groups excluding carboxylic acids is 1. The number of anilines is 1. The van der Waals surface area contributed by atoms with E-state index in [1.807, 2.05) is 32.0 Å². The number of hydrogen-bond donors (Lipinski definition) is 1. The molecule has 0 saturated heterocycles. The molecule has 1 atom stereocenters. The molecule has 0 spiro atoms.